The molecule has 0 spiro atoms. The molecule has 0 radical (unpaired) electrons. The molecular weight excluding hydrogens is 322 g/mol. The van der Waals surface area contributed by atoms with E-state index in [0.717, 1.165) is 15.9 Å². The van der Waals surface area contributed by atoms with Gasteiger partial charge in [-0.3, -0.25) is 0 Å². The fourth-order valence-electron chi connectivity index (χ4n) is 2.27. The molecule has 0 amide bonds. The largest absolute Gasteiger partial charge is 0.313 e. The van der Waals surface area contributed by atoms with Gasteiger partial charge in [0.15, 0.2) is 0 Å². The fraction of sp³-hybridized carbons (Fsp3) is 0.250. The lowest BCUT2D eigenvalue weighted by Crippen LogP contribution is -2.20. The summed E-state index contributed by atoms with van der Waals surface area (Å²) in [5.74, 6) is 0. The number of benzene rings is 2. The van der Waals surface area contributed by atoms with Crippen molar-refractivity contribution in [2.24, 2.45) is 0 Å². The van der Waals surface area contributed by atoms with E-state index >= 15 is 0 Å². The first kappa shape index (κ1) is 14.6. The second-order valence-corrected chi connectivity index (χ2v) is 5.92. The summed E-state index contributed by atoms with van der Waals surface area (Å²) in [5.41, 5.74) is 3.84. The van der Waals surface area contributed by atoms with E-state index in [1.807, 2.05) is 25.2 Å². The minimum atomic E-state index is 0.288. The fourth-order valence-corrected chi connectivity index (χ4v) is 2.86. The van der Waals surface area contributed by atoms with Gasteiger partial charge in [0.05, 0.1) is 0 Å². The molecule has 1 nitrogen and oxygen atoms in total. The van der Waals surface area contributed by atoms with Gasteiger partial charge < -0.3 is 5.32 Å². The molecule has 0 saturated carbocycles. The lowest BCUT2D eigenvalue weighted by molar-refractivity contribution is 0.588. The van der Waals surface area contributed by atoms with Gasteiger partial charge in [0.1, 0.15) is 0 Å². The van der Waals surface area contributed by atoms with Crippen molar-refractivity contribution in [2.45, 2.75) is 19.4 Å². The molecule has 0 aliphatic rings. The van der Waals surface area contributed by atoms with Crippen LogP contribution in [0.2, 0.25) is 5.02 Å². The Morgan fingerprint density at radius 3 is 2.63 bits per heavy atom. The molecule has 1 N–H and O–H groups in total. The molecule has 1 atom stereocenters. The number of halogens is 2. The van der Waals surface area contributed by atoms with Crippen LogP contribution in [0.1, 0.15) is 22.7 Å². The predicted octanol–water partition coefficient (Wildman–Crippen LogP) is 4.91. The molecule has 2 aromatic carbocycles. The average molecular weight is 339 g/mol. The molecule has 0 saturated heterocycles. The van der Waals surface area contributed by atoms with Crippen molar-refractivity contribution in [1.82, 2.24) is 5.32 Å². The second-order valence-electron chi connectivity index (χ2n) is 4.63. The van der Waals surface area contributed by atoms with Crippen LogP contribution >= 0.6 is 27.5 Å². The van der Waals surface area contributed by atoms with Crippen LogP contribution in [0.15, 0.2) is 46.9 Å². The summed E-state index contributed by atoms with van der Waals surface area (Å²) >= 11 is 9.64. The summed E-state index contributed by atoms with van der Waals surface area (Å²) < 4.78 is 1.15. The summed E-state index contributed by atoms with van der Waals surface area (Å²) in [5, 5.41) is 4.18. The summed E-state index contributed by atoms with van der Waals surface area (Å²) in [7, 11) is 2.00. The van der Waals surface area contributed by atoms with Gasteiger partial charge in [0.25, 0.3) is 0 Å². The highest BCUT2D eigenvalue weighted by Crippen LogP contribution is 2.27. The minimum Gasteiger partial charge on any atom is -0.313 e. The smallest absolute Gasteiger partial charge is 0.0408 e. The van der Waals surface area contributed by atoms with Crippen molar-refractivity contribution in [3.05, 3.63) is 68.7 Å². The standard InChI is InChI=1S/C16H17BrClN/c1-11-14(7-4-8-15(11)17)16(19-2)10-12-5-3-6-13(18)9-12/h3-9,16,19H,10H2,1-2H3. The van der Waals surface area contributed by atoms with Gasteiger partial charge >= 0.3 is 0 Å². The maximum Gasteiger partial charge on any atom is 0.0408 e. The van der Waals surface area contributed by atoms with E-state index in [1.165, 1.54) is 16.7 Å². The maximum absolute atomic E-state index is 6.05. The van der Waals surface area contributed by atoms with Gasteiger partial charge in [-0.15, -0.1) is 0 Å². The third-order valence-corrected chi connectivity index (χ3v) is 4.46. The van der Waals surface area contributed by atoms with E-state index in [2.05, 4.69) is 52.4 Å². The first-order valence-electron chi connectivity index (χ1n) is 6.28. The Morgan fingerprint density at radius 1 is 1.21 bits per heavy atom. The predicted molar refractivity (Wildman–Crippen MR) is 85.8 cm³/mol. The second kappa shape index (κ2) is 6.56. The molecule has 19 heavy (non-hydrogen) atoms. The Hall–Kier alpha value is -0.830. The number of rotatable bonds is 4. The van der Waals surface area contributed by atoms with Crippen molar-refractivity contribution in [3.63, 3.8) is 0 Å². The topological polar surface area (TPSA) is 12.0 Å². The minimum absolute atomic E-state index is 0.288. The van der Waals surface area contributed by atoms with Gasteiger partial charge in [-0.05, 0) is 55.3 Å². The first-order valence-corrected chi connectivity index (χ1v) is 7.45. The Kier molecular flexibility index (Phi) is 5.03. The van der Waals surface area contributed by atoms with Crippen LogP contribution in [-0.4, -0.2) is 7.05 Å². The third-order valence-electron chi connectivity index (χ3n) is 3.36. The Morgan fingerprint density at radius 2 is 1.95 bits per heavy atom. The van der Waals surface area contributed by atoms with Crippen LogP contribution in [0.4, 0.5) is 0 Å². The highest BCUT2D eigenvalue weighted by Gasteiger charge is 2.13. The molecule has 1 unspecified atom stereocenters. The van der Waals surface area contributed by atoms with Crippen molar-refractivity contribution >= 4 is 27.5 Å². The molecule has 0 aromatic heterocycles. The van der Waals surface area contributed by atoms with Gasteiger partial charge in [-0.25, -0.2) is 0 Å². The number of nitrogens with one attached hydrogen (secondary N) is 1. The van der Waals surface area contributed by atoms with Crippen LogP contribution in [0.3, 0.4) is 0 Å². The maximum atomic E-state index is 6.05. The van der Waals surface area contributed by atoms with Gasteiger partial charge in [0.2, 0.25) is 0 Å². The molecule has 0 fully saturated rings. The highest BCUT2D eigenvalue weighted by atomic mass is 79.9. The van der Waals surface area contributed by atoms with E-state index < -0.39 is 0 Å². The van der Waals surface area contributed by atoms with E-state index in [9.17, 15) is 0 Å². The van der Waals surface area contributed by atoms with Gasteiger partial charge in [-0.2, -0.15) is 0 Å². The molecule has 2 rings (SSSR count). The highest BCUT2D eigenvalue weighted by molar-refractivity contribution is 9.10. The van der Waals surface area contributed by atoms with Crippen molar-refractivity contribution < 1.29 is 0 Å². The van der Waals surface area contributed by atoms with Gasteiger partial charge in [0, 0.05) is 15.5 Å². The zero-order valence-corrected chi connectivity index (χ0v) is 13.4. The van der Waals surface area contributed by atoms with E-state index in [1.54, 1.807) is 0 Å². The number of likely N-dealkylation sites (N-methyl/N-ethyl adjacent to an activating group) is 1. The zero-order valence-electron chi connectivity index (χ0n) is 11.1. The summed E-state index contributed by atoms with van der Waals surface area (Å²) in [6.07, 6.45) is 0.925. The SMILES string of the molecule is CNC(Cc1cccc(Cl)c1)c1cccc(Br)c1C. The normalized spacial score (nSPS) is 12.4. The van der Waals surface area contributed by atoms with Crippen LogP contribution in [0.5, 0.6) is 0 Å². The molecule has 0 aliphatic carbocycles. The Bertz CT molecular complexity index is 568. The van der Waals surface area contributed by atoms with Gasteiger partial charge in [-0.1, -0.05) is 51.8 Å². The molecule has 3 heteroatoms. The van der Waals surface area contributed by atoms with E-state index in [4.69, 9.17) is 11.6 Å². The third kappa shape index (κ3) is 3.59. The first-order chi connectivity index (χ1) is 9.11. The van der Waals surface area contributed by atoms with Crippen LogP contribution in [-0.2, 0) is 6.42 Å². The van der Waals surface area contributed by atoms with Crippen LogP contribution < -0.4 is 5.32 Å². The van der Waals surface area contributed by atoms with Crippen molar-refractivity contribution in [1.29, 1.82) is 0 Å². The average Bonchev–Trinajstić information content (AvgIpc) is 2.40. The number of hydrogen-bond donors (Lipinski definition) is 1. The summed E-state index contributed by atoms with van der Waals surface area (Å²) in [4.78, 5) is 0. The molecule has 100 valence electrons. The quantitative estimate of drug-likeness (QED) is 0.835. The monoisotopic (exact) mass is 337 g/mol. The molecule has 2 aromatic rings. The van der Waals surface area contributed by atoms with Crippen LogP contribution in [0, 0.1) is 6.92 Å². The molecule has 0 bridgehead atoms. The van der Waals surface area contributed by atoms with E-state index in [0.29, 0.717) is 0 Å². The molecular formula is C16H17BrClN. The Labute approximate surface area is 128 Å². The number of hydrogen-bond acceptors (Lipinski definition) is 1. The van der Waals surface area contributed by atoms with Crippen molar-refractivity contribution in [3.8, 4) is 0 Å². The molecule has 0 aliphatic heterocycles. The van der Waals surface area contributed by atoms with Crippen molar-refractivity contribution in [2.75, 3.05) is 7.05 Å². The Balaban J connectivity index is 2.28. The lowest BCUT2D eigenvalue weighted by Gasteiger charge is -2.20. The summed E-state index contributed by atoms with van der Waals surface area (Å²) in [6.45, 7) is 2.14. The zero-order chi connectivity index (χ0) is 13.8. The van der Waals surface area contributed by atoms with E-state index in [-0.39, 0.29) is 6.04 Å². The molecule has 0 heterocycles. The lowest BCUT2D eigenvalue weighted by atomic mass is 9.95. The van der Waals surface area contributed by atoms with Crippen LogP contribution in [0.25, 0.3) is 0 Å². The summed E-state index contributed by atoms with van der Waals surface area (Å²) in [6, 6.07) is 14.7.